The molecule has 0 radical (unpaired) electrons. The van der Waals surface area contributed by atoms with Crippen LogP contribution in [0.2, 0.25) is 0 Å². The molecule has 0 atom stereocenters. The van der Waals surface area contributed by atoms with Gasteiger partial charge in [0.2, 0.25) is 5.88 Å². The van der Waals surface area contributed by atoms with Gasteiger partial charge >= 0.3 is 0 Å². The van der Waals surface area contributed by atoms with E-state index in [-0.39, 0.29) is 4.99 Å². The van der Waals surface area contributed by atoms with Gasteiger partial charge in [0.05, 0.1) is 19.0 Å². The first-order chi connectivity index (χ1) is 7.25. The summed E-state index contributed by atoms with van der Waals surface area (Å²) in [4.78, 5) is 8.36. The van der Waals surface area contributed by atoms with E-state index in [1.807, 2.05) is 0 Å². The Hall–Kier alpha value is -1.23. The average Bonchev–Trinajstić information content (AvgIpc) is 3.02. The molecule has 0 bridgehead atoms. The molecule has 1 aromatic heterocycles. The zero-order chi connectivity index (χ0) is 10.7. The minimum Gasteiger partial charge on any atom is -0.477 e. The lowest BCUT2D eigenvalue weighted by atomic mass is 10.3. The summed E-state index contributed by atoms with van der Waals surface area (Å²) < 4.78 is 5.43. The number of rotatable bonds is 5. The summed E-state index contributed by atoms with van der Waals surface area (Å²) in [7, 11) is 0. The van der Waals surface area contributed by atoms with E-state index in [1.54, 1.807) is 6.20 Å². The maximum absolute atomic E-state index is 5.43. The fraction of sp³-hybridized carbons (Fsp3) is 0.500. The van der Waals surface area contributed by atoms with Crippen LogP contribution in [-0.2, 0) is 0 Å². The highest BCUT2D eigenvalue weighted by molar-refractivity contribution is 7.80. The van der Waals surface area contributed by atoms with Gasteiger partial charge in [0.15, 0.2) is 0 Å². The number of hydrogen-bond donors (Lipinski definition) is 1. The molecule has 15 heavy (non-hydrogen) atoms. The Bertz CT molecular complexity index is 348. The molecule has 1 fully saturated rings. The quantitative estimate of drug-likeness (QED) is 0.762. The number of ether oxygens (including phenoxy) is 1. The first-order valence-corrected chi connectivity index (χ1v) is 5.41. The van der Waals surface area contributed by atoms with Gasteiger partial charge in [-0.15, -0.1) is 0 Å². The van der Waals surface area contributed by atoms with Gasteiger partial charge in [0.25, 0.3) is 0 Å². The zero-order valence-electron chi connectivity index (χ0n) is 8.35. The van der Waals surface area contributed by atoms with Crippen LogP contribution in [-0.4, -0.2) is 21.6 Å². The van der Waals surface area contributed by atoms with Crippen molar-refractivity contribution in [3.05, 3.63) is 18.1 Å². The molecule has 2 N–H and O–H groups in total. The minimum absolute atomic E-state index is 0.257. The lowest BCUT2D eigenvalue weighted by Crippen LogP contribution is -2.12. The molecule has 5 heteroatoms. The molecule has 0 amide bonds. The molecule has 1 saturated carbocycles. The monoisotopic (exact) mass is 223 g/mol. The van der Waals surface area contributed by atoms with Crippen LogP contribution in [0.3, 0.4) is 0 Å². The predicted molar refractivity (Wildman–Crippen MR) is 60.8 cm³/mol. The van der Waals surface area contributed by atoms with Crippen molar-refractivity contribution in [1.29, 1.82) is 0 Å². The van der Waals surface area contributed by atoms with Gasteiger partial charge < -0.3 is 10.5 Å². The molecule has 0 aromatic carbocycles. The van der Waals surface area contributed by atoms with Gasteiger partial charge in [0.1, 0.15) is 10.7 Å². The summed E-state index contributed by atoms with van der Waals surface area (Å²) in [5.74, 6) is 1.41. The molecule has 0 unspecified atom stereocenters. The van der Waals surface area contributed by atoms with Crippen molar-refractivity contribution in [2.24, 2.45) is 11.7 Å². The highest BCUT2D eigenvalue weighted by Crippen LogP contribution is 2.32. The maximum atomic E-state index is 5.43. The van der Waals surface area contributed by atoms with Crippen LogP contribution >= 0.6 is 12.2 Å². The molecule has 0 aliphatic heterocycles. The van der Waals surface area contributed by atoms with Crippen molar-refractivity contribution in [2.45, 2.75) is 19.3 Å². The fourth-order valence-corrected chi connectivity index (χ4v) is 1.36. The molecule has 1 aromatic rings. The van der Waals surface area contributed by atoms with Crippen LogP contribution in [0.5, 0.6) is 5.88 Å². The second-order valence-corrected chi connectivity index (χ2v) is 4.12. The number of aromatic nitrogens is 2. The summed E-state index contributed by atoms with van der Waals surface area (Å²) in [6.07, 6.45) is 6.89. The van der Waals surface area contributed by atoms with E-state index in [0.29, 0.717) is 18.2 Å². The molecule has 4 nitrogen and oxygen atoms in total. The molecule has 80 valence electrons. The standard InChI is InChI=1S/C10H13N3OS/c11-10(15)8-5-13-9(6-12-8)14-4-3-7-1-2-7/h5-7H,1-4H2,(H2,11,15). The van der Waals surface area contributed by atoms with Gasteiger partial charge in [-0.2, -0.15) is 0 Å². The lowest BCUT2D eigenvalue weighted by molar-refractivity contribution is 0.290. The molecule has 0 spiro atoms. The Kier molecular flexibility index (Phi) is 3.11. The van der Waals surface area contributed by atoms with Gasteiger partial charge in [0, 0.05) is 0 Å². The third kappa shape index (κ3) is 3.13. The summed E-state index contributed by atoms with van der Waals surface area (Å²) in [6.45, 7) is 0.714. The van der Waals surface area contributed by atoms with E-state index in [4.69, 9.17) is 22.7 Å². The summed E-state index contributed by atoms with van der Waals surface area (Å²) in [6, 6.07) is 0. The molecular formula is C10H13N3OS. The van der Waals surface area contributed by atoms with E-state index in [0.717, 1.165) is 12.3 Å². The third-order valence-corrected chi connectivity index (χ3v) is 2.56. The van der Waals surface area contributed by atoms with Gasteiger partial charge in [-0.1, -0.05) is 25.1 Å². The Morgan fingerprint density at radius 3 is 2.80 bits per heavy atom. The second-order valence-electron chi connectivity index (χ2n) is 3.68. The van der Waals surface area contributed by atoms with E-state index >= 15 is 0 Å². The van der Waals surface area contributed by atoms with Crippen molar-refractivity contribution in [3.63, 3.8) is 0 Å². The smallest absolute Gasteiger partial charge is 0.232 e. The molecule has 0 saturated heterocycles. The highest BCUT2D eigenvalue weighted by atomic mass is 32.1. The van der Waals surface area contributed by atoms with E-state index in [9.17, 15) is 0 Å². The van der Waals surface area contributed by atoms with Crippen molar-refractivity contribution in [3.8, 4) is 5.88 Å². The summed E-state index contributed by atoms with van der Waals surface area (Å²) in [5, 5.41) is 0. The van der Waals surface area contributed by atoms with Gasteiger partial charge in [-0.05, 0) is 12.3 Å². The van der Waals surface area contributed by atoms with Crippen LogP contribution in [0.15, 0.2) is 12.4 Å². The van der Waals surface area contributed by atoms with Crippen LogP contribution in [0.1, 0.15) is 25.0 Å². The molecule has 2 rings (SSSR count). The largest absolute Gasteiger partial charge is 0.477 e. The van der Waals surface area contributed by atoms with Crippen LogP contribution in [0, 0.1) is 5.92 Å². The van der Waals surface area contributed by atoms with E-state index in [2.05, 4.69) is 9.97 Å². The van der Waals surface area contributed by atoms with E-state index in [1.165, 1.54) is 19.0 Å². The Labute approximate surface area is 93.9 Å². The Morgan fingerprint density at radius 1 is 1.47 bits per heavy atom. The second kappa shape index (κ2) is 4.53. The van der Waals surface area contributed by atoms with Crippen molar-refractivity contribution in [2.75, 3.05) is 6.61 Å². The number of thiocarbonyl (C=S) groups is 1. The molecule has 1 aliphatic rings. The summed E-state index contributed by atoms with van der Waals surface area (Å²) >= 11 is 4.77. The normalized spacial score (nSPS) is 14.9. The molecule has 1 heterocycles. The number of hydrogen-bond acceptors (Lipinski definition) is 4. The van der Waals surface area contributed by atoms with Gasteiger partial charge in [-0.25, -0.2) is 9.97 Å². The van der Waals surface area contributed by atoms with Crippen molar-refractivity contribution in [1.82, 2.24) is 9.97 Å². The van der Waals surface area contributed by atoms with Crippen molar-refractivity contribution >= 4 is 17.2 Å². The van der Waals surface area contributed by atoms with Crippen LogP contribution < -0.4 is 10.5 Å². The number of nitrogens with two attached hydrogens (primary N) is 1. The maximum Gasteiger partial charge on any atom is 0.232 e. The Balaban J connectivity index is 1.83. The van der Waals surface area contributed by atoms with Crippen LogP contribution in [0.4, 0.5) is 0 Å². The predicted octanol–water partition coefficient (Wildman–Crippen LogP) is 1.29. The highest BCUT2D eigenvalue weighted by Gasteiger charge is 2.20. The zero-order valence-corrected chi connectivity index (χ0v) is 9.17. The first kappa shape index (κ1) is 10.3. The fourth-order valence-electron chi connectivity index (χ4n) is 1.25. The molecule has 1 aliphatic carbocycles. The van der Waals surface area contributed by atoms with Crippen LogP contribution in [0.25, 0.3) is 0 Å². The minimum atomic E-state index is 0.257. The van der Waals surface area contributed by atoms with Gasteiger partial charge in [-0.3, -0.25) is 0 Å². The lowest BCUT2D eigenvalue weighted by Gasteiger charge is -2.04. The Morgan fingerprint density at radius 2 is 2.27 bits per heavy atom. The number of nitrogens with zero attached hydrogens (tertiary/aromatic N) is 2. The third-order valence-electron chi connectivity index (χ3n) is 2.35. The van der Waals surface area contributed by atoms with E-state index < -0.39 is 0 Å². The van der Waals surface area contributed by atoms with Crippen molar-refractivity contribution < 1.29 is 4.74 Å². The summed E-state index contributed by atoms with van der Waals surface area (Å²) in [5.41, 5.74) is 5.93. The first-order valence-electron chi connectivity index (χ1n) is 5.00. The average molecular weight is 223 g/mol. The molecular weight excluding hydrogens is 210 g/mol. The topological polar surface area (TPSA) is 61.0 Å². The SMILES string of the molecule is NC(=S)c1cnc(OCCC2CC2)cn1.